The fourth-order valence-corrected chi connectivity index (χ4v) is 3.72. The monoisotopic (exact) mass is 296 g/mol. The van der Waals surface area contributed by atoms with Crippen molar-refractivity contribution in [3.8, 4) is 0 Å². The number of amides is 1. The van der Waals surface area contributed by atoms with Crippen molar-refractivity contribution in [2.75, 3.05) is 13.1 Å². The maximum Gasteiger partial charge on any atom is 0.410 e. The highest BCUT2D eigenvalue weighted by atomic mass is 16.6. The number of nitrogens with zero attached hydrogens (tertiary/aromatic N) is 1. The summed E-state index contributed by atoms with van der Waals surface area (Å²) in [5.74, 6) is 0. The van der Waals surface area contributed by atoms with E-state index < -0.39 is 5.60 Å². The standard InChI is InChI=1S/C16H28N2O3/c1-16(2,3)21-15(19)18-8-4-5-11(10-18)17-13-9-12-6-7-14(13)20-12/h11-14,17H,4-10H2,1-3H3. The number of carbonyl (C=O) groups excluding carboxylic acids is 1. The van der Waals surface area contributed by atoms with Crippen LogP contribution in [0.5, 0.6) is 0 Å². The summed E-state index contributed by atoms with van der Waals surface area (Å²) < 4.78 is 11.4. The molecule has 5 heteroatoms. The van der Waals surface area contributed by atoms with E-state index >= 15 is 0 Å². The molecule has 5 nitrogen and oxygen atoms in total. The van der Waals surface area contributed by atoms with Crippen LogP contribution in [0.3, 0.4) is 0 Å². The van der Waals surface area contributed by atoms with Crippen LogP contribution in [0.4, 0.5) is 4.79 Å². The van der Waals surface area contributed by atoms with Gasteiger partial charge < -0.3 is 19.7 Å². The third kappa shape index (κ3) is 3.69. The quantitative estimate of drug-likeness (QED) is 0.849. The van der Waals surface area contributed by atoms with Gasteiger partial charge in [0.25, 0.3) is 0 Å². The Bertz CT molecular complexity index is 393. The van der Waals surface area contributed by atoms with Crippen molar-refractivity contribution in [2.24, 2.45) is 0 Å². The van der Waals surface area contributed by atoms with Gasteiger partial charge in [-0.1, -0.05) is 0 Å². The molecule has 21 heavy (non-hydrogen) atoms. The van der Waals surface area contributed by atoms with E-state index in [1.807, 2.05) is 25.7 Å². The zero-order chi connectivity index (χ0) is 15.0. The Morgan fingerprint density at radius 3 is 2.71 bits per heavy atom. The van der Waals surface area contributed by atoms with E-state index in [4.69, 9.17) is 9.47 Å². The first-order valence-corrected chi connectivity index (χ1v) is 8.30. The van der Waals surface area contributed by atoms with Crippen LogP contribution in [0.1, 0.15) is 52.9 Å². The van der Waals surface area contributed by atoms with Gasteiger partial charge in [-0.3, -0.25) is 0 Å². The topological polar surface area (TPSA) is 50.8 Å². The van der Waals surface area contributed by atoms with Crippen LogP contribution < -0.4 is 5.32 Å². The van der Waals surface area contributed by atoms with Gasteiger partial charge >= 0.3 is 6.09 Å². The molecular weight excluding hydrogens is 268 g/mol. The average molecular weight is 296 g/mol. The summed E-state index contributed by atoms with van der Waals surface area (Å²) in [6.45, 7) is 7.30. The minimum atomic E-state index is -0.421. The molecule has 0 aromatic heterocycles. The molecule has 0 aromatic rings. The van der Waals surface area contributed by atoms with E-state index in [0.29, 0.717) is 24.3 Å². The zero-order valence-electron chi connectivity index (χ0n) is 13.4. The summed E-state index contributed by atoms with van der Waals surface area (Å²) in [4.78, 5) is 14.0. The maximum atomic E-state index is 12.2. The Labute approximate surface area is 127 Å². The van der Waals surface area contributed by atoms with E-state index in [9.17, 15) is 4.79 Å². The van der Waals surface area contributed by atoms with Crippen LogP contribution in [0, 0.1) is 0 Å². The van der Waals surface area contributed by atoms with Crippen LogP contribution in [-0.2, 0) is 9.47 Å². The van der Waals surface area contributed by atoms with Gasteiger partial charge in [0.05, 0.1) is 12.2 Å². The second-order valence-corrected chi connectivity index (χ2v) is 7.65. The molecule has 1 amide bonds. The first-order valence-electron chi connectivity index (χ1n) is 8.30. The van der Waals surface area contributed by atoms with Crippen LogP contribution in [0.15, 0.2) is 0 Å². The van der Waals surface area contributed by atoms with Crippen LogP contribution in [0.25, 0.3) is 0 Å². The van der Waals surface area contributed by atoms with Gasteiger partial charge in [-0.2, -0.15) is 0 Å². The summed E-state index contributed by atoms with van der Waals surface area (Å²) in [7, 11) is 0. The highest BCUT2D eigenvalue weighted by Crippen LogP contribution is 2.34. The molecule has 3 aliphatic rings. The predicted octanol–water partition coefficient (Wildman–Crippen LogP) is 2.30. The molecule has 0 saturated carbocycles. The number of nitrogens with one attached hydrogen (secondary N) is 1. The van der Waals surface area contributed by atoms with Gasteiger partial charge in [0.15, 0.2) is 0 Å². The molecule has 4 atom stereocenters. The summed E-state index contributed by atoms with van der Waals surface area (Å²) in [5, 5.41) is 3.72. The first kappa shape index (κ1) is 15.1. The molecule has 0 radical (unpaired) electrons. The number of likely N-dealkylation sites (tertiary alicyclic amines) is 1. The summed E-state index contributed by atoms with van der Waals surface area (Å²) in [5.41, 5.74) is -0.421. The lowest BCUT2D eigenvalue weighted by Gasteiger charge is -2.36. The van der Waals surface area contributed by atoms with Gasteiger partial charge in [0.2, 0.25) is 0 Å². The lowest BCUT2D eigenvalue weighted by Crippen LogP contribution is -2.53. The van der Waals surface area contributed by atoms with E-state index in [1.54, 1.807) is 0 Å². The third-order valence-corrected chi connectivity index (χ3v) is 4.63. The molecule has 3 aliphatic heterocycles. The van der Waals surface area contributed by atoms with Gasteiger partial charge in [-0.15, -0.1) is 0 Å². The van der Waals surface area contributed by atoms with Gasteiger partial charge in [-0.05, 0) is 52.9 Å². The molecule has 0 aliphatic carbocycles. The largest absolute Gasteiger partial charge is 0.444 e. The second-order valence-electron chi connectivity index (χ2n) is 7.65. The average Bonchev–Trinajstić information content (AvgIpc) is 2.99. The van der Waals surface area contributed by atoms with Crippen molar-refractivity contribution in [3.05, 3.63) is 0 Å². The molecule has 3 saturated heterocycles. The molecule has 0 aromatic carbocycles. The van der Waals surface area contributed by atoms with Crippen molar-refractivity contribution < 1.29 is 14.3 Å². The lowest BCUT2D eigenvalue weighted by molar-refractivity contribution is 0.0178. The minimum absolute atomic E-state index is 0.182. The molecule has 4 unspecified atom stereocenters. The van der Waals surface area contributed by atoms with Crippen LogP contribution in [0.2, 0.25) is 0 Å². The number of rotatable bonds is 2. The number of carbonyl (C=O) groups is 1. The molecule has 3 heterocycles. The fourth-order valence-electron chi connectivity index (χ4n) is 3.72. The van der Waals surface area contributed by atoms with E-state index in [0.717, 1.165) is 32.4 Å². The van der Waals surface area contributed by atoms with Gasteiger partial charge in [-0.25, -0.2) is 4.79 Å². The van der Waals surface area contributed by atoms with Crippen LogP contribution in [-0.4, -0.2) is 54.0 Å². The Balaban J connectivity index is 1.50. The van der Waals surface area contributed by atoms with Crippen molar-refractivity contribution >= 4 is 6.09 Å². The molecule has 120 valence electrons. The zero-order valence-corrected chi connectivity index (χ0v) is 13.4. The normalized spacial score (nSPS) is 36.0. The Morgan fingerprint density at radius 1 is 1.29 bits per heavy atom. The summed E-state index contributed by atoms with van der Waals surface area (Å²) >= 11 is 0. The van der Waals surface area contributed by atoms with Gasteiger partial charge in [0.1, 0.15) is 5.60 Å². The van der Waals surface area contributed by atoms with E-state index in [1.165, 1.54) is 12.8 Å². The Hall–Kier alpha value is -0.810. The van der Waals surface area contributed by atoms with Crippen molar-refractivity contribution in [1.29, 1.82) is 0 Å². The summed E-state index contributed by atoms with van der Waals surface area (Å²) in [6, 6.07) is 0.853. The molecule has 3 rings (SSSR count). The number of fused-ring (bicyclic) bond motifs is 2. The lowest BCUT2D eigenvalue weighted by atomic mass is 9.94. The maximum absolute atomic E-state index is 12.2. The Morgan fingerprint density at radius 2 is 2.10 bits per heavy atom. The van der Waals surface area contributed by atoms with Gasteiger partial charge in [0, 0.05) is 25.2 Å². The highest BCUT2D eigenvalue weighted by Gasteiger charge is 2.42. The predicted molar refractivity (Wildman–Crippen MR) is 80.3 cm³/mol. The minimum Gasteiger partial charge on any atom is -0.444 e. The number of piperidine rings is 1. The molecule has 2 bridgehead atoms. The molecule has 1 N–H and O–H groups in total. The first-order chi connectivity index (χ1) is 9.90. The smallest absolute Gasteiger partial charge is 0.410 e. The van der Waals surface area contributed by atoms with Crippen LogP contribution >= 0.6 is 0 Å². The Kier molecular flexibility index (Phi) is 4.14. The second kappa shape index (κ2) is 5.76. The van der Waals surface area contributed by atoms with Crippen molar-refractivity contribution in [3.63, 3.8) is 0 Å². The molecule has 3 fully saturated rings. The van der Waals surface area contributed by atoms with Crippen molar-refractivity contribution in [1.82, 2.24) is 10.2 Å². The molecular formula is C16H28N2O3. The third-order valence-electron chi connectivity index (χ3n) is 4.63. The van der Waals surface area contributed by atoms with E-state index in [-0.39, 0.29) is 6.09 Å². The summed E-state index contributed by atoms with van der Waals surface area (Å²) in [6.07, 6.45) is 6.39. The van der Waals surface area contributed by atoms with Crippen molar-refractivity contribution in [2.45, 2.75) is 82.8 Å². The number of ether oxygens (including phenoxy) is 2. The van der Waals surface area contributed by atoms with E-state index in [2.05, 4.69) is 5.32 Å². The number of hydrogen-bond donors (Lipinski definition) is 1. The SMILES string of the molecule is CC(C)(C)OC(=O)N1CCCC(NC2CC3CCC2O3)C1. The fraction of sp³-hybridized carbons (Fsp3) is 0.938. The highest BCUT2D eigenvalue weighted by molar-refractivity contribution is 5.68. The molecule has 0 spiro atoms. The number of hydrogen-bond acceptors (Lipinski definition) is 4.